The summed E-state index contributed by atoms with van der Waals surface area (Å²) in [6.07, 6.45) is 1.35. The minimum atomic E-state index is -0.708. The van der Waals surface area contributed by atoms with Gasteiger partial charge < -0.3 is 20.1 Å². The van der Waals surface area contributed by atoms with Crippen LogP contribution in [0.2, 0.25) is 0 Å². The van der Waals surface area contributed by atoms with Crippen LogP contribution in [-0.4, -0.2) is 54.8 Å². The van der Waals surface area contributed by atoms with Gasteiger partial charge in [0.05, 0.1) is 26.9 Å². The average Bonchev–Trinajstić information content (AvgIpc) is 2.53. The fourth-order valence-corrected chi connectivity index (χ4v) is 1.05. The van der Waals surface area contributed by atoms with Gasteiger partial charge in [-0.05, 0) is 18.2 Å². The fourth-order valence-electron chi connectivity index (χ4n) is 1.05. The molecule has 0 aliphatic rings. The lowest BCUT2D eigenvalue weighted by molar-refractivity contribution is 0.0200. The van der Waals surface area contributed by atoms with Gasteiger partial charge in [-0.2, -0.15) is 0 Å². The number of ether oxygens (including phenoxy) is 1. The van der Waals surface area contributed by atoms with E-state index in [2.05, 4.69) is 0 Å². The summed E-state index contributed by atoms with van der Waals surface area (Å²) in [6, 6.07) is 4.64. The molecule has 1 rings (SSSR count). The van der Waals surface area contributed by atoms with Gasteiger partial charge in [0.1, 0.15) is 18.3 Å². The number of aliphatic hydroxyl groups excluding tert-OH is 3. The summed E-state index contributed by atoms with van der Waals surface area (Å²) in [4.78, 5) is 20.7. The molecule has 6 nitrogen and oxygen atoms in total. The topological polar surface area (TPSA) is 104 Å². The standard InChI is InChI=1S/C9H8O3.C5H12O3/c1-12-9-3-7(5-10)2-8(4-9)6-11;1-5(2-6,3-7)4-8/h2-6H,1H3;6-8H,2-4H2,1H3. The maximum atomic E-state index is 10.4. The highest BCUT2D eigenvalue weighted by molar-refractivity contribution is 5.83. The van der Waals surface area contributed by atoms with Crippen molar-refractivity contribution in [2.45, 2.75) is 6.92 Å². The van der Waals surface area contributed by atoms with Gasteiger partial charge in [0, 0.05) is 16.5 Å². The van der Waals surface area contributed by atoms with E-state index >= 15 is 0 Å². The second kappa shape index (κ2) is 9.19. The van der Waals surface area contributed by atoms with Crippen molar-refractivity contribution in [3.05, 3.63) is 29.3 Å². The highest BCUT2D eigenvalue weighted by atomic mass is 16.5. The molecule has 3 N–H and O–H groups in total. The van der Waals surface area contributed by atoms with Gasteiger partial charge in [-0.3, -0.25) is 9.59 Å². The minimum Gasteiger partial charge on any atom is -0.497 e. The second-order valence-electron chi connectivity index (χ2n) is 4.56. The third-order valence-corrected chi connectivity index (χ3v) is 2.60. The highest BCUT2D eigenvalue weighted by Gasteiger charge is 2.20. The first kappa shape index (κ1) is 18.2. The molecule has 1 aromatic rings. The molecule has 0 atom stereocenters. The van der Waals surface area contributed by atoms with Gasteiger partial charge in [0.15, 0.2) is 0 Å². The number of carbonyl (C=O) groups is 2. The van der Waals surface area contributed by atoms with Crippen molar-refractivity contribution in [2.24, 2.45) is 5.41 Å². The quantitative estimate of drug-likeness (QED) is 0.649. The molecule has 1 aromatic carbocycles. The zero-order valence-electron chi connectivity index (χ0n) is 11.6. The Bertz CT molecular complexity index is 391. The van der Waals surface area contributed by atoms with Crippen LogP contribution < -0.4 is 4.74 Å². The van der Waals surface area contributed by atoms with Crippen molar-refractivity contribution in [3.63, 3.8) is 0 Å². The van der Waals surface area contributed by atoms with Gasteiger partial charge in [-0.25, -0.2) is 0 Å². The first-order valence-corrected chi connectivity index (χ1v) is 5.90. The third-order valence-electron chi connectivity index (χ3n) is 2.60. The average molecular weight is 284 g/mol. The van der Waals surface area contributed by atoms with E-state index in [9.17, 15) is 9.59 Å². The maximum Gasteiger partial charge on any atom is 0.150 e. The molecule has 0 bridgehead atoms. The molecule has 6 heteroatoms. The SMILES string of the molecule is CC(CO)(CO)CO.COc1cc(C=O)cc(C=O)c1. The molecule has 0 saturated carbocycles. The summed E-state index contributed by atoms with van der Waals surface area (Å²) in [5.41, 5.74) is 0.174. The molecule has 0 aliphatic carbocycles. The molecule has 112 valence electrons. The Morgan fingerprint density at radius 3 is 1.60 bits per heavy atom. The molecule has 20 heavy (non-hydrogen) atoms. The summed E-state index contributed by atoms with van der Waals surface area (Å²) in [7, 11) is 1.48. The zero-order chi connectivity index (χ0) is 15.6. The van der Waals surface area contributed by atoms with Crippen LogP contribution in [0.1, 0.15) is 27.6 Å². The molecule has 0 amide bonds. The number of rotatable bonds is 6. The Hall–Kier alpha value is -1.76. The van der Waals surface area contributed by atoms with E-state index in [1.807, 2.05) is 0 Å². The number of aliphatic hydroxyl groups is 3. The van der Waals surface area contributed by atoms with Gasteiger partial charge in [0.2, 0.25) is 0 Å². The van der Waals surface area contributed by atoms with Crippen LogP contribution >= 0.6 is 0 Å². The Morgan fingerprint density at radius 1 is 1.00 bits per heavy atom. The van der Waals surface area contributed by atoms with Crippen LogP contribution in [0.5, 0.6) is 5.75 Å². The zero-order valence-corrected chi connectivity index (χ0v) is 11.6. The Labute approximate surface area is 117 Å². The Morgan fingerprint density at radius 2 is 1.40 bits per heavy atom. The number of methoxy groups -OCH3 is 1. The highest BCUT2D eigenvalue weighted by Crippen LogP contribution is 2.14. The molecular formula is C14H20O6. The van der Waals surface area contributed by atoms with E-state index in [1.165, 1.54) is 13.2 Å². The molecule has 0 saturated heterocycles. The van der Waals surface area contributed by atoms with Crippen LogP contribution in [-0.2, 0) is 0 Å². The van der Waals surface area contributed by atoms with Gasteiger partial charge in [-0.1, -0.05) is 6.92 Å². The molecule has 0 radical (unpaired) electrons. The summed E-state index contributed by atoms with van der Waals surface area (Å²) in [5, 5.41) is 25.4. The normalized spacial score (nSPS) is 10.2. The van der Waals surface area contributed by atoms with Crippen molar-refractivity contribution < 1.29 is 29.6 Å². The van der Waals surface area contributed by atoms with Gasteiger partial charge in [-0.15, -0.1) is 0 Å². The first-order valence-electron chi connectivity index (χ1n) is 5.90. The first-order chi connectivity index (χ1) is 9.48. The number of hydrogen-bond donors (Lipinski definition) is 3. The van der Waals surface area contributed by atoms with Crippen LogP contribution in [0.4, 0.5) is 0 Å². The maximum absolute atomic E-state index is 10.4. The van der Waals surface area contributed by atoms with Crippen molar-refractivity contribution >= 4 is 12.6 Å². The van der Waals surface area contributed by atoms with E-state index < -0.39 is 5.41 Å². The summed E-state index contributed by atoms with van der Waals surface area (Å²) in [6.45, 7) is 1.06. The monoisotopic (exact) mass is 284 g/mol. The predicted octanol–water partition coefficient (Wildman–Crippen LogP) is 0.290. The molecule has 0 aromatic heterocycles. The summed E-state index contributed by atoms with van der Waals surface area (Å²) in [5.74, 6) is 0.515. The molecule has 0 fully saturated rings. The second-order valence-corrected chi connectivity index (χ2v) is 4.56. The predicted molar refractivity (Wildman–Crippen MR) is 73.1 cm³/mol. The molecular weight excluding hydrogens is 264 g/mol. The Balaban J connectivity index is 0.000000396. The molecule has 0 heterocycles. The van der Waals surface area contributed by atoms with Crippen molar-refractivity contribution in [3.8, 4) is 5.75 Å². The van der Waals surface area contributed by atoms with Gasteiger partial charge in [0.25, 0.3) is 0 Å². The number of carbonyl (C=O) groups excluding carboxylic acids is 2. The van der Waals surface area contributed by atoms with Crippen molar-refractivity contribution in [1.29, 1.82) is 0 Å². The molecule has 0 aliphatic heterocycles. The lowest BCUT2D eigenvalue weighted by Gasteiger charge is -2.20. The van der Waals surface area contributed by atoms with E-state index in [-0.39, 0.29) is 19.8 Å². The van der Waals surface area contributed by atoms with Crippen molar-refractivity contribution in [2.75, 3.05) is 26.9 Å². The largest absolute Gasteiger partial charge is 0.497 e. The molecule has 0 spiro atoms. The number of benzene rings is 1. The minimum absolute atomic E-state index is 0.181. The lowest BCUT2D eigenvalue weighted by Crippen LogP contribution is -2.29. The third kappa shape index (κ3) is 5.92. The van der Waals surface area contributed by atoms with Crippen LogP contribution in [0.15, 0.2) is 18.2 Å². The summed E-state index contributed by atoms with van der Waals surface area (Å²) < 4.78 is 4.88. The van der Waals surface area contributed by atoms with Gasteiger partial charge >= 0.3 is 0 Å². The smallest absolute Gasteiger partial charge is 0.150 e. The molecule has 0 unspecified atom stereocenters. The van der Waals surface area contributed by atoms with E-state index in [0.29, 0.717) is 29.4 Å². The van der Waals surface area contributed by atoms with Crippen LogP contribution in [0.3, 0.4) is 0 Å². The van der Waals surface area contributed by atoms with Crippen LogP contribution in [0, 0.1) is 5.41 Å². The van der Waals surface area contributed by atoms with Crippen molar-refractivity contribution in [1.82, 2.24) is 0 Å². The lowest BCUT2D eigenvalue weighted by atomic mass is 9.95. The summed E-state index contributed by atoms with van der Waals surface area (Å²) >= 11 is 0. The van der Waals surface area contributed by atoms with E-state index in [0.717, 1.165) is 0 Å². The van der Waals surface area contributed by atoms with E-state index in [4.69, 9.17) is 20.1 Å². The van der Waals surface area contributed by atoms with Crippen LogP contribution in [0.25, 0.3) is 0 Å². The Kier molecular flexibility index (Phi) is 8.38. The van der Waals surface area contributed by atoms with E-state index in [1.54, 1.807) is 19.1 Å². The number of hydrogen-bond acceptors (Lipinski definition) is 6. The fraction of sp³-hybridized carbons (Fsp3) is 0.429. The number of aldehydes is 2.